The van der Waals surface area contributed by atoms with Gasteiger partial charge < -0.3 is 25.0 Å². The van der Waals surface area contributed by atoms with Crippen LogP contribution in [-0.4, -0.2) is 51.0 Å². The fourth-order valence-electron chi connectivity index (χ4n) is 2.73. The average molecular weight is 318 g/mol. The van der Waals surface area contributed by atoms with E-state index < -0.39 is 0 Å². The van der Waals surface area contributed by atoms with Gasteiger partial charge in [-0.25, -0.2) is 9.97 Å². The Morgan fingerprint density at radius 1 is 1.48 bits per heavy atom. The van der Waals surface area contributed by atoms with Crippen molar-refractivity contribution < 1.29 is 9.84 Å². The zero-order valence-corrected chi connectivity index (χ0v) is 13.2. The van der Waals surface area contributed by atoms with Gasteiger partial charge >= 0.3 is 0 Å². The van der Waals surface area contributed by atoms with Crippen molar-refractivity contribution in [3.05, 3.63) is 30.0 Å². The summed E-state index contributed by atoms with van der Waals surface area (Å²) in [5.41, 5.74) is 6.79. The molecular formula is C15H22N6O2. The molecule has 23 heavy (non-hydrogen) atoms. The molecule has 124 valence electrons. The summed E-state index contributed by atoms with van der Waals surface area (Å²) in [5, 5.41) is 9.38. The average Bonchev–Trinajstić information content (AvgIpc) is 3.18. The number of hydrogen-bond acceptors (Lipinski definition) is 7. The lowest BCUT2D eigenvalue weighted by Gasteiger charge is -2.23. The maximum atomic E-state index is 9.38. The minimum Gasteiger partial charge on any atom is -0.395 e. The Bertz CT molecular complexity index is 653. The molecule has 0 saturated carbocycles. The van der Waals surface area contributed by atoms with Gasteiger partial charge in [-0.2, -0.15) is 4.98 Å². The molecule has 0 radical (unpaired) electrons. The molecule has 0 aliphatic carbocycles. The van der Waals surface area contributed by atoms with Crippen LogP contribution in [0, 0.1) is 0 Å². The van der Waals surface area contributed by atoms with Crippen LogP contribution in [0.1, 0.15) is 23.9 Å². The molecule has 0 amide bonds. The Balaban J connectivity index is 1.87. The molecule has 1 unspecified atom stereocenters. The Kier molecular flexibility index (Phi) is 4.73. The summed E-state index contributed by atoms with van der Waals surface area (Å²) >= 11 is 0. The third-order valence-corrected chi connectivity index (χ3v) is 4.04. The zero-order chi connectivity index (χ0) is 16.2. The molecule has 8 nitrogen and oxygen atoms in total. The molecule has 3 rings (SSSR count). The molecule has 0 aromatic carbocycles. The maximum Gasteiger partial charge on any atom is 0.222 e. The van der Waals surface area contributed by atoms with E-state index in [4.69, 9.17) is 10.5 Å². The van der Waals surface area contributed by atoms with E-state index in [9.17, 15) is 5.11 Å². The second-order valence-corrected chi connectivity index (χ2v) is 5.67. The van der Waals surface area contributed by atoms with Gasteiger partial charge in [-0.3, -0.25) is 0 Å². The van der Waals surface area contributed by atoms with Crippen LogP contribution in [-0.2, 0) is 18.3 Å². The van der Waals surface area contributed by atoms with E-state index in [2.05, 4.69) is 15.0 Å². The number of aryl methyl sites for hydroxylation is 1. The minimum absolute atomic E-state index is 0.0240. The molecule has 8 heteroatoms. The summed E-state index contributed by atoms with van der Waals surface area (Å²) in [7, 11) is 1.94. The van der Waals surface area contributed by atoms with E-state index in [0.29, 0.717) is 25.5 Å². The van der Waals surface area contributed by atoms with Crippen LogP contribution in [0.2, 0.25) is 0 Å². The first-order valence-corrected chi connectivity index (χ1v) is 7.71. The Morgan fingerprint density at radius 2 is 2.35 bits per heavy atom. The van der Waals surface area contributed by atoms with Crippen LogP contribution in [0.25, 0.3) is 0 Å². The number of imidazole rings is 1. The van der Waals surface area contributed by atoms with E-state index in [1.165, 1.54) is 0 Å². The van der Waals surface area contributed by atoms with Crippen molar-refractivity contribution in [1.82, 2.24) is 19.5 Å². The molecule has 3 heterocycles. The first-order valence-electron chi connectivity index (χ1n) is 7.71. The quantitative estimate of drug-likeness (QED) is 0.789. The summed E-state index contributed by atoms with van der Waals surface area (Å²) < 4.78 is 7.38. The van der Waals surface area contributed by atoms with E-state index >= 15 is 0 Å². The smallest absolute Gasteiger partial charge is 0.222 e. The summed E-state index contributed by atoms with van der Waals surface area (Å²) in [5.74, 6) is 2.09. The summed E-state index contributed by atoms with van der Waals surface area (Å²) in [6.45, 7) is 2.42. The number of nitrogens with two attached hydrogens (primary N) is 1. The number of aromatic nitrogens is 4. The first kappa shape index (κ1) is 15.7. The highest BCUT2D eigenvalue weighted by atomic mass is 16.5. The van der Waals surface area contributed by atoms with Gasteiger partial charge in [0.1, 0.15) is 11.6 Å². The van der Waals surface area contributed by atoms with Crippen molar-refractivity contribution in [1.29, 1.82) is 0 Å². The summed E-state index contributed by atoms with van der Waals surface area (Å²) in [6, 6.07) is 1.94. The van der Waals surface area contributed by atoms with Crippen LogP contribution in [0.5, 0.6) is 0 Å². The molecule has 0 bridgehead atoms. The number of rotatable bonds is 6. The monoisotopic (exact) mass is 318 g/mol. The SMILES string of the molecule is Cn1ccnc1CN(CCO)c1cc(C2CCOC2)nc(N)n1. The highest BCUT2D eigenvalue weighted by Gasteiger charge is 2.22. The standard InChI is InChI=1S/C15H22N6O2/c1-20-4-3-17-14(20)9-21(5-6-22)13-8-12(18-15(16)19-13)11-2-7-23-10-11/h3-4,8,11,22H,2,5-7,9-10H2,1H3,(H2,16,18,19). The van der Waals surface area contributed by atoms with Crippen LogP contribution in [0.3, 0.4) is 0 Å². The van der Waals surface area contributed by atoms with Crippen molar-refractivity contribution in [3.63, 3.8) is 0 Å². The van der Waals surface area contributed by atoms with Crippen molar-refractivity contribution in [2.24, 2.45) is 7.05 Å². The normalized spacial score (nSPS) is 17.6. The van der Waals surface area contributed by atoms with E-state index in [0.717, 1.165) is 24.5 Å². The molecular weight excluding hydrogens is 296 g/mol. The zero-order valence-electron chi connectivity index (χ0n) is 13.2. The third-order valence-electron chi connectivity index (χ3n) is 4.04. The highest BCUT2D eigenvalue weighted by molar-refractivity contribution is 5.44. The van der Waals surface area contributed by atoms with Gasteiger partial charge in [0.25, 0.3) is 0 Å². The molecule has 2 aromatic heterocycles. The third kappa shape index (κ3) is 3.59. The van der Waals surface area contributed by atoms with Crippen LogP contribution in [0.4, 0.5) is 11.8 Å². The fraction of sp³-hybridized carbons (Fsp3) is 0.533. The first-order chi connectivity index (χ1) is 11.2. The van der Waals surface area contributed by atoms with Gasteiger partial charge in [-0.05, 0) is 6.42 Å². The predicted octanol–water partition coefficient (Wildman–Crippen LogP) is 0.295. The number of aliphatic hydroxyl groups is 1. The minimum atomic E-state index is 0.0240. The van der Waals surface area contributed by atoms with Gasteiger partial charge in [0.05, 0.1) is 25.5 Å². The lowest BCUT2D eigenvalue weighted by Crippen LogP contribution is -2.29. The van der Waals surface area contributed by atoms with Gasteiger partial charge in [0.15, 0.2) is 0 Å². The van der Waals surface area contributed by atoms with Crippen LogP contribution >= 0.6 is 0 Å². The number of anilines is 2. The second kappa shape index (κ2) is 6.93. The Labute approximate surface area is 134 Å². The Hall–Kier alpha value is -2.19. The molecule has 1 aliphatic rings. The Morgan fingerprint density at radius 3 is 3.00 bits per heavy atom. The maximum absolute atomic E-state index is 9.38. The molecule has 1 aliphatic heterocycles. The lowest BCUT2D eigenvalue weighted by atomic mass is 10.0. The fourth-order valence-corrected chi connectivity index (χ4v) is 2.73. The number of nitrogens with zero attached hydrogens (tertiary/aromatic N) is 5. The number of nitrogen functional groups attached to an aromatic ring is 1. The highest BCUT2D eigenvalue weighted by Crippen LogP contribution is 2.27. The van der Waals surface area contributed by atoms with Crippen LogP contribution < -0.4 is 10.6 Å². The van der Waals surface area contributed by atoms with Gasteiger partial charge in [0, 0.05) is 44.6 Å². The van der Waals surface area contributed by atoms with Crippen molar-refractivity contribution >= 4 is 11.8 Å². The van der Waals surface area contributed by atoms with E-state index in [-0.39, 0.29) is 18.5 Å². The summed E-state index contributed by atoms with van der Waals surface area (Å²) in [4.78, 5) is 15.0. The molecule has 2 aromatic rings. The topological polar surface area (TPSA) is 102 Å². The predicted molar refractivity (Wildman–Crippen MR) is 86.0 cm³/mol. The van der Waals surface area contributed by atoms with Gasteiger partial charge in [-0.15, -0.1) is 0 Å². The van der Waals surface area contributed by atoms with Crippen molar-refractivity contribution in [2.45, 2.75) is 18.9 Å². The van der Waals surface area contributed by atoms with Crippen molar-refractivity contribution in [3.8, 4) is 0 Å². The molecule has 1 saturated heterocycles. The van der Waals surface area contributed by atoms with Crippen molar-refractivity contribution in [2.75, 3.05) is 37.0 Å². The largest absolute Gasteiger partial charge is 0.395 e. The second-order valence-electron chi connectivity index (χ2n) is 5.67. The van der Waals surface area contributed by atoms with Gasteiger partial charge in [0.2, 0.25) is 5.95 Å². The molecule has 0 spiro atoms. The molecule has 1 fully saturated rings. The van der Waals surface area contributed by atoms with E-state index in [1.54, 1.807) is 6.20 Å². The molecule has 1 atom stereocenters. The van der Waals surface area contributed by atoms with Crippen LogP contribution in [0.15, 0.2) is 18.5 Å². The number of ether oxygens (including phenoxy) is 1. The van der Waals surface area contributed by atoms with E-state index in [1.807, 2.05) is 28.8 Å². The number of aliphatic hydroxyl groups excluding tert-OH is 1. The summed E-state index contributed by atoms with van der Waals surface area (Å²) in [6.07, 6.45) is 4.58. The number of hydrogen-bond donors (Lipinski definition) is 2. The van der Waals surface area contributed by atoms with Gasteiger partial charge in [-0.1, -0.05) is 0 Å². The lowest BCUT2D eigenvalue weighted by molar-refractivity contribution is 0.193. The molecule has 3 N–H and O–H groups in total.